The summed E-state index contributed by atoms with van der Waals surface area (Å²) in [6, 6.07) is 8.29. The molecule has 0 unspecified atom stereocenters. The molecule has 1 fully saturated rings. The van der Waals surface area contributed by atoms with Crippen molar-refractivity contribution in [2.24, 2.45) is 5.92 Å². The fraction of sp³-hybridized carbons (Fsp3) is 0.562. The number of benzene rings is 1. The first kappa shape index (κ1) is 13.0. The normalized spacial score (nSPS) is 16.2. The van der Waals surface area contributed by atoms with Crippen molar-refractivity contribution >= 4 is 5.69 Å². The van der Waals surface area contributed by atoms with Crippen LogP contribution in [0.15, 0.2) is 18.2 Å². The molecule has 2 rings (SSSR count). The number of nitriles is 1. The van der Waals surface area contributed by atoms with Crippen LogP contribution in [0.4, 0.5) is 5.69 Å². The predicted molar refractivity (Wildman–Crippen MR) is 75.6 cm³/mol. The predicted octanol–water partition coefficient (Wildman–Crippen LogP) is 4.25. The Bertz CT molecular complexity index is 425. The molecule has 0 atom stereocenters. The van der Waals surface area contributed by atoms with E-state index in [1.54, 1.807) is 0 Å². The Morgan fingerprint density at radius 1 is 1.28 bits per heavy atom. The number of hydrogen-bond acceptors (Lipinski definition) is 2. The molecule has 1 N–H and O–H groups in total. The molecule has 18 heavy (non-hydrogen) atoms. The lowest BCUT2D eigenvalue weighted by Gasteiger charge is -2.21. The minimum Gasteiger partial charge on any atom is -0.384 e. The van der Waals surface area contributed by atoms with Gasteiger partial charge in [-0.3, -0.25) is 0 Å². The topological polar surface area (TPSA) is 35.8 Å². The molecule has 0 saturated heterocycles. The first-order chi connectivity index (χ1) is 8.79. The zero-order chi connectivity index (χ0) is 12.8. The fourth-order valence-corrected chi connectivity index (χ4v) is 2.79. The molecule has 1 saturated carbocycles. The summed E-state index contributed by atoms with van der Waals surface area (Å²) in [7, 11) is 0. The van der Waals surface area contributed by atoms with Crippen LogP contribution >= 0.6 is 0 Å². The number of nitrogens with one attached hydrogen (secondary N) is 1. The second-order valence-corrected chi connectivity index (χ2v) is 5.38. The van der Waals surface area contributed by atoms with Gasteiger partial charge in [0.2, 0.25) is 0 Å². The number of rotatable bonds is 4. The van der Waals surface area contributed by atoms with Crippen LogP contribution in [0.2, 0.25) is 0 Å². The van der Waals surface area contributed by atoms with Gasteiger partial charge in [0.05, 0.1) is 11.3 Å². The standard InChI is InChI=1S/C16H22N2/c1-13-7-8-16(15(11-13)12-17)18-10-9-14-5-3-2-4-6-14/h7-8,11,14,18H,2-6,9-10H2,1H3. The van der Waals surface area contributed by atoms with E-state index >= 15 is 0 Å². The third-order valence-corrected chi connectivity index (χ3v) is 3.89. The second kappa shape index (κ2) is 6.44. The Balaban J connectivity index is 1.84. The summed E-state index contributed by atoms with van der Waals surface area (Å²) in [6.07, 6.45) is 8.23. The number of hydrogen-bond donors (Lipinski definition) is 1. The highest BCUT2D eigenvalue weighted by Gasteiger charge is 2.12. The molecule has 0 aliphatic heterocycles. The molecule has 0 spiro atoms. The highest BCUT2D eigenvalue weighted by atomic mass is 14.9. The largest absolute Gasteiger partial charge is 0.384 e. The summed E-state index contributed by atoms with van der Waals surface area (Å²) in [4.78, 5) is 0. The highest BCUT2D eigenvalue weighted by Crippen LogP contribution is 2.26. The van der Waals surface area contributed by atoms with Crippen LogP contribution in [-0.4, -0.2) is 6.54 Å². The summed E-state index contributed by atoms with van der Waals surface area (Å²) in [6.45, 7) is 3.01. The number of anilines is 1. The number of aryl methyl sites for hydroxylation is 1. The van der Waals surface area contributed by atoms with Crippen LogP contribution in [0.3, 0.4) is 0 Å². The zero-order valence-electron chi connectivity index (χ0n) is 11.2. The highest BCUT2D eigenvalue weighted by molar-refractivity contribution is 5.58. The molecular weight excluding hydrogens is 220 g/mol. The van der Waals surface area contributed by atoms with Gasteiger partial charge in [-0.25, -0.2) is 0 Å². The lowest BCUT2D eigenvalue weighted by atomic mass is 9.87. The van der Waals surface area contributed by atoms with Crippen LogP contribution in [-0.2, 0) is 0 Å². The Morgan fingerprint density at radius 3 is 2.78 bits per heavy atom. The minimum atomic E-state index is 0.763. The Kier molecular flexibility index (Phi) is 4.64. The van der Waals surface area contributed by atoms with Crippen molar-refractivity contribution in [1.82, 2.24) is 0 Å². The lowest BCUT2D eigenvalue weighted by molar-refractivity contribution is 0.345. The van der Waals surface area contributed by atoms with Crippen molar-refractivity contribution in [2.75, 3.05) is 11.9 Å². The van der Waals surface area contributed by atoms with Crippen molar-refractivity contribution < 1.29 is 0 Å². The Morgan fingerprint density at radius 2 is 2.06 bits per heavy atom. The molecule has 2 heteroatoms. The summed E-state index contributed by atoms with van der Waals surface area (Å²) < 4.78 is 0. The van der Waals surface area contributed by atoms with E-state index in [-0.39, 0.29) is 0 Å². The van der Waals surface area contributed by atoms with Crippen LogP contribution in [0.1, 0.15) is 49.7 Å². The van der Waals surface area contributed by atoms with E-state index < -0.39 is 0 Å². The first-order valence-electron chi connectivity index (χ1n) is 7.04. The van der Waals surface area contributed by atoms with E-state index in [1.165, 1.54) is 38.5 Å². The smallest absolute Gasteiger partial charge is 0.101 e. The van der Waals surface area contributed by atoms with Gasteiger partial charge in [-0.15, -0.1) is 0 Å². The maximum atomic E-state index is 9.10. The van der Waals surface area contributed by atoms with Gasteiger partial charge >= 0.3 is 0 Å². The maximum absolute atomic E-state index is 9.10. The van der Waals surface area contributed by atoms with E-state index in [2.05, 4.69) is 17.5 Å². The van der Waals surface area contributed by atoms with Gasteiger partial charge in [-0.05, 0) is 37.0 Å². The van der Waals surface area contributed by atoms with Crippen molar-refractivity contribution in [3.63, 3.8) is 0 Å². The van der Waals surface area contributed by atoms with E-state index in [0.29, 0.717) is 0 Å². The molecule has 1 aliphatic rings. The van der Waals surface area contributed by atoms with Gasteiger partial charge < -0.3 is 5.32 Å². The minimum absolute atomic E-state index is 0.763. The van der Waals surface area contributed by atoms with Gasteiger partial charge in [0.15, 0.2) is 0 Å². The molecule has 1 aromatic carbocycles. The molecule has 1 aromatic rings. The van der Waals surface area contributed by atoms with Crippen molar-refractivity contribution in [3.8, 4) is 6.07 Å². The zero-order valence-corrected chi connectivity index (χ0v) is 11.2. The van der Waals surface area contributed by atoms with Crippen LogP contribution in [0, 0.1) is 24.2 Å². The molecule has 0 radical (unpaired) electrons. The molecule has 0 heterocycles. The summed E-state index contributed by atoms with van der Waals surface area (Å²) >= 11 is 0. The molecule has 1 aliphatic carbocycles. The van der Waals surface area contributed by atoms with E-state index in [1.807, 2.05) is 19.1 Å². The van der Waals surface area contributed by atoms with E-state index in [9.17, 15) is 0 Å². The van der Waals surface area contributed by atoms with Crippen molar-refractivity contribution in [2.45, 2.75) is 45.4 Å². The average Bonchev–Trinajstić information content (AvgIpc) is 2.41. The van der Waals surface area contributed by atoms with Crippen molar-refractivity contribution in [1.29, 1.82) is 5.26 Å². The lowest BCUT2D eigenvalue weighted by Crippen LogP contribution is -2.12. The summed E-state index contributed by atoms with van der Waals surface area (Å²) in [5.74, 6) is 0.891. The number of nitrogens with zero attached hydrogens (tertiary/aromatic N) is 1. The average molecular weight is 242 g/mol. The third kappa shape index (κ3) is 3.50. The Hall–Kier alpha value is -1.49. The van der Waals surface area contributed by atoms with Gasteiger partial charge in [0.25, 0.3) is 0 Å². The molecular formula is C16H22N2. The monoisotopic (exact) mass is 242 g/mol. The molecule has 2 nitrogen and oxygen atoms in total. The Labute approximate surface area is 110 Å². The van der Waals surface area contributed by atoms with Crippen molar-refractivity contribution in [3.05, 3.63) is 29.3 Å². The first-order valence-corrected chi connectivity index (χ1v) is 7.04. The van der Waals surface area contributed by atoms with Gasteiger partial charge in [-0.1, -0.05) is 38.2 Å². The molecule has 0 amide bonds. The summed E-state index contributed by atoms with van der Waals surface area (Å²) in [5, 5.41) is 12.5. The van der Waals surface area contributed by atoms with Gasteiger partial charge in [0, 0.05) is 6.54 Å². The fourth-order valence-electron chi connectivity index (χ4n) is 2.79. The van der Waals surface area contributed by atoms with Crippen LogP contribution in [0.25, 0.3) is 0 Å². The third-order valence-electron chi connectivity index (χ3n) is 3.89. The van der Waals surface area contributed by atoms with Crippen LogP contribution < -0.4 is 5.32 Å². The molecule has 0 bridgehead atoms. The second-order valence-electron chi connectivity index (χ2n) is 5.38. The quantitative estimate of drug-likeness (QED) is 0.856. The van der Waals surface area contributed by atoms with E-state index in [4.69, 9.17) is 5.26 Å². The molecule has 0 aromatic heterocycles. The maximum Gasteiger partial charge on any atom is 0.101 e. The van der Waals surface area contributed by atoms with Gasteiger partial charge in [-0.2, -0.15) is 5.26 Å². The van der Waals surface area contributed by atoms with Crippen LogP contribution in [0.5, 0.6) is 0 Å². The van der Waals surface area contributed by atoms with Gasteiger partial charge in [0.1, 0.15) is 6.07 Å². The summed E-state index contributed by atoms with van der Waals surface area (Å²) in [5.41, 5.74) is 2.89. The molecule has 96 valence electrons. The van der Waals surface area contributed by atoms with E-state index in [0.717, 1.165) is 29.3 Å². The SMILES string of the molecule is Cc1ccc(NCCC2CCCCC2)c(C#N)c1.